The number of halogens is 1. The van der Waals surface area contributed by atoms with Crippen LogP contribution in [0.4, 0.5) is 11.4 Å². The van der Waals surface area contributed by atoms with Crippen molar-refractivity contribution in [3.05, 3.63) is 82.1 Å². The number of aliphatic hydroxyl groups excluding tert-OH is 2. The monoisotopic (exact) mass is 834 g/mol. The number of hydrogen-bond donors (Lipinski definition) is 6. The van der Waals surface area contributed by atoms with Crippen LogP contribution in [0.3, 0.4) is 0 Å². The minimum absolute atomic E-state index is 0.0316. The molecule has 3 aliphatic rings. The number of nitrogens with one attached hydrogen (secondary N) is 1. The minimum Gasteiger partial charge on any atom is -0.507 e. The molecule has 3 heterocycles. The molecule has 0 fully saturated rings. The Morgan fingerprint density at radius 3 is 2.22 bits per heavy atom. The predicted octanol–water partition coefficient (Wildman–Crippen LogP) is 7.16. The van der Waals surface area contributed by atoms with Crippen molar-refractivity contribution in [3.8, 4) is 23.0 Å². The fourth-order valence-electron chi connectivity index (χ4n) is 7.54. The van der Waals surface area contributed by atoms with Crippen LogP contribution < -0.4 is 10.1 Å². The number of benzene rings is 3. The summed E-state index contributed by atoms with van der Waals surface area (Å²) in [6, 6.07) is 6.39. The number of anilines is 1. The van der Waals surface area contributed by atoms with Crippen molar-refractivity contribution in [1.82, 2.24) is 0 Å². The van der Waals surface area contributed by atoms with Crippen LogP contribution in [-0.4, -0.2) is 86.7 Å². The number of carbonyl (C=O) groups is 3. The van der Waals surface area contributed by atoms with Gasteiger partial charge >= 0.3 is 11.8 Å². The van der Waals surface area contributed by atoms with E-state index in [1.54, 1.807) is 64.1 Å². The van der Waals surface area contributed by atoms with Crippen molar-refractivity contribution in [2.75, 3.05) is 12.4 Å². The summed E-state index contributed by atoms with van der Waals surface area (Å²) in [4.78, 5) is 44.9. The lowest BCUT2D eigenvalue weighted by molar-refractivity contribution is -0.160. The van der Waals surface area contributed by atoms with Gasteiger partial charge < -0.3 is 49.8 Å². The lowest BCUT2D eigenvalue weighted by Crippen LogP contribution is -2.46. The first-order valence-electron chi connectivity index (χ1n) is 19.1. The molecule has 316 valence electrons. The number of amides is 1. The number of ketones is 1. The van der Waals surface area contributed by atoms with E-state index in [0.29, 0.717) is 10.7 Å². The maximum atomic E-state index is 14.4. The van der Waals surface area contributed by atoms with E-state index in [1.807, 2.05) is 0 Å². The SMILES string of the molecule is CO[C@H]1/C=C/O[C@@]2(C)Oc3c(C)c(O)c4c(O)c(c(C=Nc5ccc(Cl)cc5)c(O)c4c3C2=O)NC(=O)/C(C)=C\C=C\[C@@H](C)[C@H](O)[C@@H](C)[C@H](O)[C@@H](C)[C@H](OC(C)=O)[C@@H]1C. The molecule has 9 atom stereocenters. The van der Waals surface area contributed by atoms with Crippen molar-refractivity contribution in [3.63, 3.8) is 0 Å². The molecule has 0 aliphatic carbocycles. The highest BCUT2D eigenvalue weighted by Gasteiger charge is 2.50. The Balaban J connectivity index is 1.73. The second-order valence-electron chi connectivity index (χ2n) is 15.4. The van der Waals surface area contributed by atoms with Gasteiger partial charge in [0.2, 0.25) is 0 Å². The number of fused-ring (bicyclic) bond motifs is 14. The van der Waals surface area contributed by atoms with Crippen LogP contribution in [0.5, 0.6) is 23.0 Å². The number of hydrogen-bond acceptors (Lipinski definition) is 13. The van der Waals surface area contributed by atoms with Gasteiger partial charge in [-0.15, -0.1) is 0 Å². The minimum atomic E-state index is -2.07. The maximum absolute atomic E-state index is 14.4. The fraction of sp³-hybridized carbons (Fsp3) is 0.409. The van der Waals surface area contributed by atoms with E-state index in [4.69, 9.17) is 30.5 Å². The Bertz CT molecular complexity index is 2250. The lowest BCUT2D eigenvalue weighted by Gasteiger charge is -2.38. The zero-order chi connectivity index (χ0) is 43.7. The number of aromatic hydroxyl groups is 3. The van der Waals surface area contributed by atoms with Crippen molar-refractivity contribution in [2.24, 2.45) is 28.7 Å². The summed E-state index contributed by atoms with van der Waals surface area (Å²) in [5.74, 6) is -8.65. The third-order valence-corrected chi connectivity index (χ3v) is 11.5. The van der Waals surface area contributed by atoms with Gasteiger partial charge in [-0.25, -0.2) is 0 Å². The van der Waals surface area contributed by atoms with Crippen LogP contribution in [-0.2, 0) is 23.8 Å². The van der Waals surface area contributed by atoms with Crippen LogP contribution in [0.15, 0.2) is 65.4 Å². The van der Waals surface area contributed by atoms with Gasteiger partial charge in [-0.05, 0) is 44.2 Å². The van der Waals surface area contributed by atoms with Gasteiger partial charge in [-0.2, -0.15) is 0 Å². The molecule has 0 unspecified atom stereocenters. The average molecular weight is 835 g/mol. The molecule has 0 spiro atoms. The molecule has 3 aliphatic heterocycles. The van der Waals surface area contributed by atoms with E-state index in [0.717, 1.165) is 0 Å². The number of rotatable bonds is 4. The van der Waals surface area contributed by atoms with Gasteiger partial charge in [-0.1, -0.05) is 57.5 Å². The number of phenolic OH excluding ortho intramolecular Hbond substituents is 3. The Hall–Kier alpha value is -5.41. The Morgan fingerprint density at radius 2 is 1.59 bits per heavy atom. The summed E-state index contributed by atoms with van der Waals surface area (Å²) in [6.45, 7) is 12.4. The van der Waals surface area contributed by atoms with Crippen molar-refractivity contribution < 1.29 is 58.9 Å². The number of ether oxygens (including phenoxy) is 4. The first-order valence-corrected chi connectivity index (χ1v) is 19.5. The highest BCUT2D eigenvalue weighted by Crippen LogP contribution is 2.55. The van der Waals surface area contributed by atoms with Crippen LogP contribution in [0, 0.1) is 30.6 Å². The van der Waals surface area contributed by atoms with Crippen LogP contribution in [0.2, 0.25) is 5.02 Å². The molecule has 3 aromatic rings. The van der Waals surface area contributed by atoms with Gasteiger partial charge in [0.05, 0.1) is 52.5 Å². The molecule has 0 radical (unpaired) electrons. The van der Waals surface area contributed by atoms with Crippen LogP contribution in [0.25, 0.3) is 10.8 Å². The van der Waals surface area contributed by atoms with E-state index < -0.39 is 88.8 Å². The number of carbonyl (C=O) groups excluding carboxylic acids is 3. The number of methoxy groups -OCH3 is 1. The number of allylic oxidation sites excluding steroid dienone is 2. The zero-order valence-electron chi connectivity index (χ0n) is 34.3. The third kappa shape index (κ3) is 8.81. The molecular weight excluding hydrogens is 784 g/mol. The van der Waals surface area contributed by atoms with Gasteiger partial charge in [0, 0.05) is 72.4 Å². The Labute approximate surface area is 347 Å². The standard InChI is InChI=1S/C44H51ClN2O12/c1-20-11-10-12-21(2)43(55)47-34-29(19-46-28-15-13-27(45)14-16-28)38(52)31-32(39(34)53)37(51)25(6)41-33(31)42(54)44(8,59-41)57-18-17-30(56-9)22(3)40(58-26(7)48)24(5)36(50)23(4)35(20)49/h10-20,22-24,30,35-36,40,49-53H,1-9H3,(H,47,55)/b11-10+,18-17+,21-12-,46-19?/t20-,22-,23-,24-,30+,35+,36+,40-,44+/m1/s1. The molecule has 14 nitrogen and oxygen atoms in total. The van der Waals surface area contributed by atoms with Crippen LogP contribution >= 0.6 is 11.6 Å². The first kappa shape index (κ1) is 44.7. The van der Waals surface area contributed by atoms with Crippen molar-refractivity contribution in [2.45, 2.75) is 85.6 Å². The molecule has 6 rings (SSSR count). The summed E-state index contributed by atoms with van der Waals surface area (Å²) >= 11 is 6.05. The number of esters is 1. The van der Waals surface area contributed by atoms with E-state index in [2.05, 4.69) is 10.3 Å². The molecule has 15 heteroatoms. The molecule has 5 bridgehead atoms. The van der Waals surface area contributed by atoms with Gasteiger partial charge in [0.1, 0.15) is 23.4 Å². The topological polar surface area (TPSA) is 214 Å². The number of aliphatic hydroxyl groups is 2. The molecule has 3 aromatic carbocycles. The molecule has 1 amide bonds. The third-order valence-electron chi connectivity index (χ3n) is 11.2. The normalized spacial score (nSPS) is 30.1. The highest BCUT2D eigenvalue weighted by molar-refractivity contribution is 6.30. The molecule has 6 N–H and O–H groups in total. The lowest BCUT2D eigenvalue weighted by atomic mass is 9.78. The number of Topliss-reactive ketones (excluding diaryl/α,β-unsaturated/α-hetero) is 1. The Morgan fingerprint density at radius 1 is 0.932 bits per heavy atom. The summed E-state index contributed by atoms with van der Waals surface area (Å²) < 4.78 is 23.5. The smallest absolute Gasteiger partial charge is 0.312 e. The number of aliphatic imine (C=N–C) groups is 1. The second kappa shape index (κ2) is 17.8. The van der Waals surface area contributed by atoms with E-state index in [9.17, 15) is 39.9 Å². The maximum Gasteiger partial charge on any atom is 0.312 e. The van der Waals surface area contributed by atoms with Crippen molar-refractivity contribution in [1.29, 1.82) is 0 Å². The summed E-state index contributed by atoms with van der Waals surface area (Å²) in [6.07, 6.45) is 4.62. The van der Waals surface area contributed by atoms with E-state index >= 15 is 0 Å². The quantitative estimate of drug-likeness (QED) is 0.0669. The molecule has 0 saturated carbocycles. The fourth-order valence-corrected chi connectivity index (χ4v) is 7.66. The highest BCUT2D eigenvalue weighted by atomic mass is 35.5. The van der Waals surface area contributed by atoms with Gasteiger partial charge in [0.15, 0.2) is 5.75 Å². The largest absolute Gasteiger partial charge is 0.507 e. The van der Waals surface area contributed by atoms with Crippen LogP contribution in [0.1, 0.15) is 70.0 Å². The second-order valence-corrected chi connectivity index (χ2v) is 15.8. The first-order chi connectivity index (χ1) is 27.7. The van der Waals surface area contributed by atoms with Gasteiger partial charge in [0.25, 0.3) is 11.7 Å². The molecule has 59 heavy (non-hydrogen) atoms. The average Bonchev–Trinajstić information content (AvgIpc) is 3.46. The summed E-state index contributed by atoms with van der Waals surface area (Å²) in [5, 5.41) is 60.7. The zero-order valence-corrected chi connectivity index (χ0v) is 35.1. The number of nitrogens with zero attached hydrogens (tertiary/aromatic N) is 1. The summed E-state index contributed by atoms with van der Waals surface area (Å²) in [7, 11) is 1.43. The Kier molecular flexibility index (Phi) is 13.5. The molecule has 0 saturated heterocycles. The predicted molar refractivity (Wildman–Crippen MR) is 223 cm³/mol. The number of phenols is 3. The molecular formula is C44H51ClN2O12. The van der Waals surface area contributed by atoms with Gasteiger partial charge in [-0.3, -0.25) is 19.4 Å². The van der Waals surface area contributed by atoms with E-state index in [1.165, 1.54) is 59.4 Å². The summed E-state index contributed by atoms with van der Waals surface area (Å²) in [5.41, 5.74) is -0.173. The molecule has 0 aromatic heterocycles. The van der Waals surface area contributed by atoms with Crippen molar-refractivity contribution >= 4 is 57.6 Å². The van der Waals surface area contributed by atoms with E-state index in [-0.39, 0.29) is 44.5 Å².